The monoisotopic (exact) mass is 732 g/mol. The summed E-state index contributed by atoms with van der Waals surface area (Å²) in [6.45, 7) is 10.2. The minimum atomic E-state index is -2.65. The van der Waals surface area contributed by atoms with Gasteiger partial charge in [-0.1, -0.05) is 123 Å². The highest BCUT2D eigenvalue weighted by molar-refractivity contribution is 14.1. The molecule has 44 heavy (non-hydrogen) atoms. The van der Waals surface area contributed by atoms with Crippen molar-refractivity contribution in [2.45, 2.75) is 86.9 Å². The molecular formula is C36H49IO6Si. The van der Waals surface area contributed by atoms with Crippen LogP contribution in [0.1, 0.15) is 52.5 Å². The number of aliphatic hydroxyl groups is 2. The van der Waals surface area contributed by atoms with Crippen molar-refractivity contribution >= 4 is 41.3 Å². The molecule has 0 bridgehead atoms. The van der Waals surface area contributed by atoms with Crippen molar-refractivity contribution < 1.29 is 28.8 Å². The zero-order valence-electron chi connectivity index (χ0n) is 26.7. The minimum absolute atomic E-state index is 0.0322. The van der Waals surface area contributed by atoms with Crippen LogP contribution in [0.2, 0.25) is 5.04 Å². The molecule has 0 spiro atoms. The van der Waals surface area contributed by atoms with Gasteiger partial charge in [0.25, 0.3) is 8.32 Å². The molecular weight excluding hydrogens is 683 g/mol. The maximum Gasteiger partial charge on any atom is 0.261 e. The van der Waals surface area contributed by atoms with E-state index >= 15 is 0 Å². The van der Waals surface area contributed by atoms with Gasteiger partial charge in [-0.05, 0) is 51.9 Å². The number of methoxy groups -OCH3 is 1. The molecule has 1 aliphatic rings. The van der Waals surface area contributed by atoms with E-state index in [0.29, 0.717) is 19.6 Å². The van der Waals surface area contributed by atoms with Gasteiger partial charge in [-0.3, -0.25) is 0 Å². The highest BCUT2D eigenvalue weighted by Gasteiger charge is 2.50. The van der Waals surface area contributed by atoms with Crippen LogP contribution in [-0.2, 0) is 20.5 Å². The molecule has 0 unspecified atom stereocenters. The zero-order chi connectivity index (χ0) is 31.7. The number of hydrogen-bond donors (Lipinski definition) is 2. The van der Waals surface area contributed by atoms with E-state index in [1.165, 1.54) is 10.4 Å². The average molecular weight is 733 g/mol. The summed E-state index contributed by atoms with van der Waals surface area (Å²) < 4.78 is 25.2. The predicted octanol–water partition coefficient (Wildman–Crippen LogP) is 5.89. The number of ether oxygens (including phenoxy) is 3. The Bertz CT molecular complexity index is 1210. The van der Waals surface area contributed by atoms with Crippen molar-refractivity contribution in [1.82, 2.24) is 0 Å². The Morgan fingerprint density at radius 2 is 1.52 bits per heavy atom. The molecule has 3 aromatic carbocycles. The van der Waals surface area contributed by atoms with Gasteiger partial charge in [0.1, 0.15) is 5.75 Å². The summed E-state index contributed by atoms with van der Waals surface area (Å²) >= 11 is 2.38. The molecule has 1 aliphatic heterocycles. The molecule has 2 N–H and O–H groups in total. The lowest BCUT2D eigenvalue weighted by Gasteiger charge is -2.43. The molecule has 240 valence electrons. The van der Waals surface area contributed by atoms with Gasteiger partial charge in [0.05, 0.1) is 44.7 Å². The van der Waals surface area contributed by atoms with Gasteiger partial charge in [0.15, 0.2) is 0 Å². The highest BCUT2D eigenvalue weighted by Crippen LogP contribution is 2.37. The van der Waals surface area contributed by atoms with Crippen molar-refractivity contribution in [1.29, 1.82) is 0 Å². The van der Waals surface area contributed by atoms with Crippen LogP contribution in [0.3, 0.4) is 0 Å². The van der Waals surface area contributed by atoms with Crippen molar-refractivity contribution in [2.24, 2.45) is 5.92 Å². The SMILES string of the molecule is COc1ccc(CO[C@H](C[C@@H](C)CO[Si](c2ccccc2)(c2ccccc2)C(C)(C)C)C[C@H](I)[C@@H]2O[C@@H](CO)C[C@@H]2O)cc1. The first-order valence-corrected chi connectivity index (χ1v) is 18.8. The molecule has 0 aromatic heterocycles. The van der Waals surface area contributed by atoms with Crippen molar-refractivity contribution in [2.75, 3.05) is 20.3 Å². The van der Waals surface area contributed by atoms with Crippen LogP contribution in [0.4, 0.5) is 0 Å². The lowest BCUT2D eigenvalue weighted by atomic mass is 9.98. The van der Waals surface area contributed by atoms with Crippen molar-refractivity contribution in [3.8, 4) is 5.75 Å². The zero-order valence-corrected chi connectivity index (χ0v) is 29.9. The lowest BCUT2D eigenvalue weighted by Crippen LogP contribution is -2.66. The first-order valence-electron chi connectivity index (χ1n) is 15.6. The second-order valence-electron chi connectivity index (χ2n) is 13.1. The van der Waals surface area contributed by atoms with Crippen molar-refractivity contribution in [3.63, 3.8) is 0 Å². The molecule has 1 heterocycles. The summed E-state index contributed by atoms with van der Waals surface area (Å²) in [5.74, 6) is 1.04. The summed E-state index contributed by atoms with van der Waals surface area (Å²) in [7, 11) is -0.983. The second kappa shape index (κ2) is 16.2. The first kappa shape index (κ1) is 35.1. The van der Waals surface area contributed by atoms with E-state index < -0.39 is 14.4 Å². The smallest absolute Gasteiger partial charge is 0.261 e. The number of alkyl halides is 1. The van der Waals surface area contributed by atoms with Crippen LogP contribution in [0, 0.1) is 5.92 Å². The molecule has 0 radical (unpaired) electrons. The van der Waals surface area contributed by atoms with Crippen LogP contribution in [0.15, 0.2) is 84.9 Å². The fourth-order valence-corrected chi connectivity index (χ4v) is 12.2. The maximum absolute atomic E-state index is 10.7. The Hall–Kier alpha value is -1.79. The van der Waals surface area contributed by atoms with Gasteiger partial charge in [-0.25, -0.2) is 0 Å². The molecule has 0 amide bonds. The fourth-order valence-electron chi connectivity index (χ4n) is 6.31. The lowest BCUT2D eigenvalue weighted by molar-refractivity contribution is -0.0264. The molecule has 1 saturated heterocycles. The molecule has 0 saturated carbocycles. The largest absolute Gasteiger partial charge is 0.497 e. The third-order valence-corrected chi connectivity index (χ3v) is 14.8. The molecule has 4 rings (SSSR count). The number of aliphatic hydroxyl groups excluding tert-OH is 2. The third-order valence-electron chi connectivity index (χ3n) is 8.59. The average Bonchev–Trinajstić information content (AvgIpc) is 3.41. The summed E-state index contributed by atoms with van der Waals surface area (Å²) in [6, 6.07) is 29.5. The minimum Gasteiger partial charge on any atom is -0.497 e. The Labute approximate surface area is 278 Å². The van der Waals surface area contributed by atoms with Gasteiger partial charge in [0, 0.05) is 17.0 Å². The highest BCUT2D eigenvalue weighted by atomic mass is 127. The summed E-state index contributed by atoms with van der Waals surface area (Å²) in [5.41, 5.74) is 1.08. The Balaban J connectivity index is 1.52. The Morgan fingerprint density at radius 3 is 2.02 bits per heavy atom. The normalized spacial score (nSPS) is 21.1. The van der Waals surface area contributed by atoms with Crippen LogP contribution in [0.5, 0.6) is 5.75 Å². The molecule has 3 aromatic rings. The van der Waals surface area contributed by atoms with Crippen LogP contribution in [0.25, 0.3) is 0 Å². The Morgan fingerprint density at radius 1 is 0.932 bits per heavy atom. The molecule has 6 nitrogen and oxygen atoms in total. The van der Waals surface area contributed by atoms with Gasteiger partial charge >= 0.3 is 0 Å². The van der Waals surface area contributed by atoms with E-state index in [1.54, 1.807) is 7.11 Å². The van der Waals surface area contributed by atoms with Crippen molar-refractivity contribution in [3.05, 3.63) is 90.5 Å². The maximum atomic E-state index is 10.7. The van der Waals surface area contributed by atoms with E-state index in [4.69, 9.17) is 18.6 Å². The van der Waals surface area contributed by atoms with E-state index in [2.05, 4.69) is 111 Å². The van der Waals surface area contributed by atoms with E-state index in [1.807, 2.05) is 24.3 Å². The van der Waals surface area contributed by atoms with Gasteiger partial charge in [-0.15, -0.1) is 0 Å². The summed E-state index contributed by atoms with van der Waals surface area (Å²) in [4.78, 5) is 0. The summed E-state index contributed by atoms with van der Waals surface area (Å²) in [6.07, 6.45) is 0.683. The van der Waals surface area contributed by atoms with Gasteiger partial charge in [0.2, 0.25) is 0 Å². The van der Waals surface area contributed by atoms with E-state index in [0.717, 1.165) is 24.2 Å². The second-order valence-corrected chi connectivity index (χ2v) is 19.0. The van der Waals surface area contributed by atoms with Crippen LogP contribution >= 0.6 is 22.6 Å². The van der Waals surface area contributed by atoms with Crippen LogP contribution < -0.4 is 15.1 Å². The molecule has 6 atom stereocenters. The topological polar surface area (TPSA) is 77.4 Å². The fraction of sp³-hybridized carbons (Fsp3) is 0.500. The molecule has 0 aliphatic carbocycles. The predicted molar refractivity (Wildman–Crippen MR) is 188 cm³/mol. The Kier molecular flexibility index (Phi) is 12.9. The number of rotatable bonds is 15. The van der Waals surface area contributed by atoms with E-state index in [-0.39, 0.29) is 39.8 Å². The van der Waals surface area contributed by atoms with Gasteiger partial charge in [-0.2, -0.15) is 0 Å². The third kappa shape index (κ3) is 8.72. The van der Waals surface area contributed by atoms with Crippen LogP contribution in [-0.4, -0.2) is 67.2 Å². The molecule has 8 heteroatoms. The van der Waals surface area contributed by atoms with Gasteiger partial charge < -0.3 is 28.8 Å². The van der Waals surface area contributed by atoms with E-state index in [9.17, 15) is 10.2 Å². The number of halogens is 1. The quantitative estimate of drug-likeness (QED) is 0.116. The molecule has 1 fully saturated rings. The standard InChI is InChI=1S/C36H49IO6Si/c1-26(24-42-44(36(2,3)4,31-12-8-6-9-13-31)32-14-10-7-11-15-32)20-29(41-25-27-16-18-28(40-5)19-17-27)21-33(37)35-34(39)22-30(23-38)43-35/h6-19,26,29-30,33-35,38-39H,20-25H2,1-5H3/t26-,29-,30-,33+,34+,35+/m1/s1. The number of hydrogen-bond acceptors (Lipinski definition) is 6. The number of benzene rings is 3. The first-order chi connectivity index (χ1) is 21.1. The summed E-state index contributed by atoms with van der Waals surface area (Å²) in [5, 5.41) is 22.7.